The molecule has 0 saturated carbocycles. The molecule has 7 heteroatoms. The molecule has 2 aromatic heterocycles. The van der Waals surface area contributed by atoms with Crippen LogP contribution in [0, 0.1) is 5.82 Å². The Kier molecular flexibility index (Phi) is 4.54. The fourth-order valence-corrected chi connectivity index (χ4v) is 2.76. The van der Waals surface area contributed by atoms with E-state index in [1.54, 1.807) is 18.3 Å². The zero-order valence-corrected chi connectivity index (χ0v) is 15.4. The van der Waals surface area contributed by atoms with Crippen LogP contribution in [0.2, 0.25) is 5.02 Å². The molecule has 0 bridgehead atoms. The Morgan fingerprint density at radius 1 is 1.15 bits per heavy atom. The third kappa shape index (κ3) is 3.46. The van der Waals surface area contributed by atoms with E-state index in [0.29, 0.717) is 17.0 Å². The Morgan fingerprint density at radius 3 is 2.46 bits per heavy atom. The maximum Gasteiger partial charge on any atom is 0.248 e. The topological polar surface area (TPSA) is 73.8 Å². The third-order valence-electron chi connectivity index (χ3n) is 3.87. The minimum absolute atomic E-state index is 0.0193. The number of pyridine rings is 1. The van der Waals surface area contributed by atoms with Crippen LogP contribution in [0.25, 0.3) is 22.6 Å². The average molecular weight is 373 g/mol. The number of benzene rings is 1. The van der Waals surface area contributed by atoms with Crippen LogP contribution < -0.4 is 5.73 Å². The van der Waals surface area contributed by atoms with Crippen LogP contribution in [0.1, 0.15) is 31.1 Å². The molecule has 0 radical (unpaired) electrons. The van der Waals surface area contributed by atoms with E-state index in [2.05, 4.69) is 10.1 Å². The molecule has 3 rings (SSSR count). The van der Waals surface area contributed by atoms with Gasteiger partial charge in [-0.05, 0) is 51.1 Å². The van der Waals surface area contributed by atoms with Gasteiger partial charge in [0.25, 0.3) is 0 Å². The van der Waals surface area contributed by atoms with Gasteiger partial charge in [0.05, 0.1) is 27.6 Å². The molecule has 0 aliphatic heterocycles. The quantitative estimate of drug-likeness (QED) is 0.746. The Bertz CT molecular complexity index is 991. The SMILES string of the molecule is CC(C)(C)n1nccc1-c1cc(C(N)=O)cc(-c2ccc(Cl)c(F)c2)n1. The number of amides is 1. The Labute approximate surface area is 155 Å². The molecule has 1 amide bonds. The number of aromatic nitrogens is 3. The van der Waals surface area contributed by atoms with Gasteiger partial charge in [-0.25, -0.2) is 9.37 Å². The first kappa shape index (κ1) is 18.1. The lowest BCUT2D eigenvalue weighted by atomic mass is 10.1. The second-order valence-electron chi connectivity index (χ2n) is 6.92. The van der Waals surface area contributed by atoms with E-state index < -0.39 is 11.7 Å². The van der Waals surface area contributed by atoms with E-state index in [9.17, 15) is 9.18 Å². The van der Waals surface area contributed by atoms with Crippen LogP contribution in [-0.2, 0) is 5.54 Å². The Hall–Kier alpha value is -2.73. The van der Waals surface area contributed by atoms with Gasteiger partial charge in [-0.2, -0.15) is 5.10 Å². The normalized spacial score (nSPS) is 11.6. The van der Waals surface area contributed by atoms with Gasteiger partial charge in [-0.15, -0.1) is 0 Å². The highest BCUT2D eigenvalue weighted by atomic mass is 35.5. The van der Waals surface area contributed by atoms with E-state index in [4.69, 9.17) is 17.3 Å². The molecule has 1 aromatic carbocycles. The molecule has 3 aromatic rings. The van der Waals surface area contributed by atoms with Crippen molar-refractivity contribution < 1.29 is 9.18 Å². The summed E-state index contributed by atoms with van der Waals surface area (Å²) in [5.41, 5.74) is 7.66. The summed E-state index contributed by atoms with van der Waals surface area (Å²) in [5, 5.41) is 4.37. The largest absolute Gasteiger partial charge is 0.366 e. The minimum atomic E-state index is -0.592. The van der Waals surface area contributed by atoms with Crippen molar-refractivity contribution >= 4 is 17.5 Å². The molecule has 2 N–H and O–H groups in total. The molecule has 2 heterocycles. The van der Waals surface area contributed by atoms with Crippen LogP contribution in [0.3, 0.4) is 0 Å². The lowest BCUT2D eigenvalue weighted by Crippen LogP contribution is -2.24. The van der Waals surface area contributed by atoms with Gasteiger partial charge in [0.1, 0.15) is 5.82 Å². The summed E-state index contributed by atoms with van der Waals surface area (Å²) in [4.78, 5) is 16.4. The molecular weight excluding hydrogens is 355 g/mol. The molecule has 0 aliphatic carbocycles. The smallest absolute Gasteiger partial charge is 0.248 e. The van der Waals surface area contributed by atoms with Crippen molar-refractivity contribution in [2.24, 2.45) is 5.73 Å². The van der Waals surface area contributed by atoms with Crippen molar-refractivity contribution in [1.29, 1.82) is 0 Å². The van der Waals surface area contributed by atoms with Crippen molar-refractivity contribution in [3.05, 3.63) is 59.0 Å². The van der Waals surface area contributed by atoms with Crippen molar-refractivity contribution in [3.8, 4) is 22.6 Å². The lowest BCUT2D eigenvalue weighted by molar-refractivity contribution is 0.1000. The van der Waals surface area contributed by atoms with E-state index in [-0.39, 0.29) is 16.1 Å². The summed E-state index contributed by atoms with van der Waals surface area (Å²) in [7, 11) is 0. The van der Waals surface area contributed by atoms with Gasteiger partial charge in [-0.3, -0.25) is 9.48 Å². The van der Waals surface area contributed by atoms with Crippen LogP contribution in [-0.4, -0.2) is 20.7 Å². The molecule has 0 saturated heterocycles. The predicted molar refractivity (Wildman–Crippen MR) is 99.4 cm³/mol. The minimum Gasteiger partial charge on any atom is -0.366 e. The summed E-state index contributed by atoms with van der Waals surface area (Å²) in [6, 6.07) is 9.32. The van der Waals surface area contributed by atoms with Gasteiger partial charge in [0.15, 0.2) is 0 Å². The number of carbonyl (C=O) groups excluding carboxylic acids is 1. The van der Waals surface area contributed by atoms with Crippen LogP contribution in [0.4, 0.5) is 4.39 Å². The number of carbonyl (C=O) groups is 1. The monoisotopic (exact) mass is 372 g/mol. The fraction of sp³-hybridized carbons (Fsp3) is 0.211. The van der Waals surface area contributed by atoms with Gasteiger partial charge in [-0.1, -0.05) is 17.7 Å². The van der Waals surface area contributed by atoms with Gasteiger partial charge in [0, 0.05) is 17.3 Å². The summed E-state index contributed by atoms with van der Waals surface area (Å²) in [5.74, 6) is -1.15. The number of hydrogen-bond donors (Lipinski definition) is 1. The van der Waals surface area contributed by atoms with E-state index in [1.807, 2.05) is 31.5 Å². The molecule has 0 atom stereocenters. The second kappa shape index (κ2) is 6.53. The van der Waals surface area contributed by atoms with Crippen molar-refractivity contribution in [3.63, 3.8) is 0 Å². The first-order valence-corrected chi connectivity index (χ1v) is 8.37. The van der Waals surface area contributed by atoms with Crippen molar-refractivity contribution in [1.82, 2.24) is 14.8 Å². The molecule has 5 nitrogen and oxygen atoms in total. The molecular formula is C19H18ClFN4O. The van der Waals surface area contributed by atoms with E-state index >= 15 is 0 Å². The maximum atomic E-state index is 13.9. The average Bonchev–Trinajstić information content (AvgIpc) is 3.07. The first-order valence-electron chi connectivity index (χ1n) is 7.99. The summed E-state index contributed by atoms with van der Waals surface area (Å²) in [6.07, 6.45) is 1.67. The van der Waals surface area contributed by atoms with Gasteiger partial charge in [0.2, 0.25) is 5.91 Å². The zero-order valence-electron chi connectivity index (χ0n) is 14.6. The second-order valence-corrected chi connectivity index (χ2v) is 7.33. The molecule has 0 spiro atoms. The zero-order chi connectivity index (χ0) is 19.1. The molecule has 26 heavy (non-hydrogen) atoms. The summed E-state index contributed by atoms with van der Waals surface area (Å²) >= 11 is 5.75. The van der Waals surface area contributed by atoms with Gasteiger partial charge >= 0.3 is 0 Å². The van der Waals surface area contributed by atoms with E-state index in [1.165, 1.54) is 18.2 Å². The summed E-state index contributed by atoms with van der Waals surface area (Å²) < 4.78 is 15.7. The predicted octanol–water partition coefficient (Wildman–Crippen LogP) is 4.26. The van der Waals surface area contributed by atoms with Crippen LogP contribution >= 0.6 is 11.6 Å². The standard InChI is InChI=1S/C19H18ClFN4O/c1-19(2,3)25-17(6-7-23-25)16-10-12(18(22)26)9-15(24-16)11-4-5-13(20)14(21)8-11/h4-10H,1-3H3,(H2,22,26). The molecule has 0 unspecified atom stereocenters. The number of nitrogens with zero attached hydrogens (tertiary/aromatic N) is 3. The summed E-state index contributed by atoms with van der Waals surface area (Å²) in [6.45, 7) is 6.03. The van der Waals surface area contributed by atoms with Crippen molar-refractivity contribution in [2.45, 2.75) is 26.3 Å². The third-order valence-corrected chi connectivity index (χ3v) is 4.17. The number of primary amides is 1. The number of halogens is 2. The lowest BCUT2D eigenvalue weighted by Gasteiger charge is -2.22. The molecule has 0 fully saturated rings. The number of hydrogen-bond acceptors (Lipinski definition) is 3. The highest BCUT2D eigenvalue weighted by Crippen LogP contribution is 2.29. The maximum absolute atomic E-state index is 13.9. The highest BCUT2D eigenvalue weighted by molar-refractivity contribution is 6.30. The van der Waals surface area contributed by atoms with Gasteiger partial charge < -0.3 is 5.73 Å². The Morgan fingerprint density at radius 2 is 1.85 bits per heavy atom. The first-order chi connectivity index (χ1) is 12.2. The fourth-order valence-electron chi connectivity index (χ4n) is 2.64. The number of nitrogens with two attached hydrogens (primary N) is 1. The molecule has 134 valence electrons. The highest BCUT2D eigenvalue weighted by Gasteiger charge is 2.20. The van der Waals surface area contributed by atoms with Crippen LogP contribution in [0.5, 0.6) is 0 Å². The van der Waals surface area contributed by atoms with Crippen molar-refractivity contribution in [2.75, 3.05) is 0 Å². The molecule has 0 aliphatic rings. The Balaban J connectivity index is 2.22. The van der Waals surface area contributed by atoms with E-state index in [0.717, 1.165) is 5.69 Å². The van der Waals surface area contributed by atoms with Crippen LogP contribution in [0.15, 0.2) is 42.6 Å². The number of rotatable bonds is 3.